The Morgan fingerprint density at radius 1 is 0.331 bits per heavy atom. The van der Waals surface area contributed by atoms with Crippen LogP contribution in [0.15, 0.2) is 424 Å². The fourth-order valence-corrected chi connectivity index (χ4v) is 36.7. The highest BCUT2D eigenvalue weighted by atomic mass is 32.2. The maximum atomic E-state index is 8.82. The van der Waals surface area contributed by atoms with Crippen molar-refractivity contribution in [2.24, 2.45) is 0 Å². The first-order chi connectivity index (χ1) is 71.4. The first-order valence-electron chi connectivity index (χ1n) is 50.7. The average Bonchev–Trinajstić information content (AvgIpc) is 1.58. The monoisotopic (exact) mass is 1970 g/mol. The number of fused-ring (bicyclic) bond motifs is 24. The average molecular weight is 1970 g/mol. The van der Waals surface area contributed by atoms with Crippen LogP contribution in [0.2, 0.25) is 19.6 Å². The van der Waals surface area contributed by atoms with Gasteiger partial charge in [-0.15, -0.1) is 34.0 Å². The molecule has 0 radical (unpaired) electrons. The number of anilines is 3. The lowest BCUT2D eigenvalue weighted by molar-refractivity contribution is 0.490. The summed E-state index contributed by atoms with van der Waals surface area (Å²) in [5.74, 6) is 3.65. The second kappa shape index (κ2) is 33.6. The number of hydrogen-bond acceptors (Lipinski definition) is 12. The predicted molar refractivity (Wildman–Crippen MR) is 612 cm³/mol. The molecule has 0 atom stereocenters. The lowest BCUT2D eigenvalue weighted by atomic mass is 9.37. The van der Waals surface area contributed by atoms with Gasteiger partial charge < -0.3 is 28.1 Å². The van der Waals surface area contributed by atoms with Gasteiger partial charge >= 0.3 is 0 Å². The van der Waals surface area contributed by atoms with Crippen LogP contribution in [-0.2, 0) is 10.8 Å². The normalized spacial score (nSPS) is 14.0. The van der Waals surface area contributed by atoms with Crippen molar-refractivity contribution in [1.82, 2.24) is 28.7 Å². The molecule has 142 heavy (non-hydrogen) atoms. The highest BCUT2D eigenvalue weighted by molar-refractivity contribution is 8.02. The summed E-state index contributed by atoms with van der Waals surface area (Å²) in [7, 11) is -4.65. The maximum Gasteiger partial charge on any atom is 0.298 e. The molecule has 0 saturated heterocycles. The number of nitrogens with zero attached hydrogens (tertiary/aromatic N) is 7. The molecule has 9 nitrogen and oxygen atoms in total. The number of ether oxygens (including phenoxy) is 2. The smallest absolute Gasteiger partial charge is 0.298 e. The minimum absolute atomic E-state index is 0.0306. The Morgan fingerprint density at radius 2 is 0.831 bits per heavy atom. The lowest BCUT2D eigenvalue weighted by Gasteiger charge is -2.41. The van der Waals surface area contributed by atoms with Crippen LogP contribution in [0, 0.1) is 0 Å². The summed E-state index contributed by atoms with van der Waals surface area (Å²) < 4.78 is 72.3. The zero-order valence-electron chi connectivity index (χ0n) is 84.3. The number of pyridine rings is 1. The summed E-state index contributed by atoms with van der Waals surface area (Å²) in [6.45, 7) is 20.7. The van der Waals surface area contributed by atoms with Gasteiger partial charge in [-0.3, -0.25) is 4.98 Å². The van der Waals surface area contributed by atoms with E-state index in [4.69, 9.17) is 16.3 Å². The zero-order chi connectivity index (χ0) is 99.7. The highest BCUT2D eigenvalue weighted by Gasteiger charge is 2.53. The fourth-order valence-electron chi connectivity index (χ4n) is 22.5. The van der Waals surface area contributed by atoms with Crippen molar-refractivity contribution < 1.29 is 16.3 Å². The number of thiophene rings is 3. The van der Waals surface area contributed by atoms with Crippen molar-refractivity contribution in [3.8, 4) is 51.2 Å². The molecular formula is C122H92B3N7O2S6Si2. The van der Waals surface area contributed by atoms with Gasteiger partial charge in [0.15, 0.2) is 8.07 Å². The molecule has 6 aliphatic rings. The summed E-state index contributed by atoms with van der Waals surface area (Å²) in [4.78, 5) is 23.6. The quantitative estimate of drug-likeness (QED) is 0.0983. The molecule has 14 heterocycles. The molecule has 0 amide bonds. The molecule has 0 aliphatic carbocycles. The summed E-state index contributed by atoms with van der Waals surface area (Å²) in [5.41, 5.74) is 20.7. The van der Waals surface area contributed by atoms with Crippen LogP contribution in [0.25, 0.3) is 91.2 Å². The van der Waals surface area contributed by atoms with E-state index in [0.29, 0.717) is 5.56 Å². The first-order valence-corrected chi connectivity index (χ1v) is 58.6. The van der Waals surface area contributed by atoms with E-state index >= 15 is 0 Å². The van der Waals surface area contributed by atoms with Gasteiger partial charge in [-0.05, 0) is 184 Å². The molecule has 20 heteroatoms. The Kier molecular flexibility index (Phi) is 19.4. The van der Waals surface area contributed by atoms with Crippen molar-refractivity contribution in [2.75, 3.05) is 4.90 Å². The van der Waals surface area contributed by atoms with E-state index in [0.717, 1.165) is 111 Å². The predicted octanol–water partition coefficient (Wildman–Crippen LogP) is 23.8. The van der Waals surface area contributed by atoms with Crippen LogP contribution >= 0.6 is 69.3 Å². The number of benzene rings is 15. The zero-order valence-corrected chi connectivity index (χ0v) is 86.2. The Hall–Kier alpha value is -13.9. The first kappa shape index (κ1) is 81.8. The van der Waals surface area contributed by atoms with Crippen molar-refractivity contribution in [3.63, 3.8) is 0 Å². The standard InChI is InChI=1S/C56H38BN5OSi.C37H28BNS3Si.C29H26BNOS3/c1-6-20-39(21-7-1)61-48-32-18-16-30-46(48)53-55(61)57-52-50(60(53)41-36-58-38-59-37-41)34-45(64(42-24-10-3-11-25-42,43-26-12-4-13-27-43)44-28-14-5-15-29-44)35-51(52)63-54-47-31-17-19-33-49(47)62(56(54)57)40-22-8-2-9-23-40;1-43(2,3)26-18-19-30-28(22-26)35-37(42-30)38-33-31(20-24(21-32(33)41-35)23-12-6-4-7-13-23)40-34-27-16-10-11-17-29(27)39(36(34)38)25-14-8-5-9-15-25;1-28(2,3)15-8-10-20-18(11-15)24-26(34-20)30-23-19(32-24)13-31-14-22(23)33-25-17-9-7-16(29(4,5)6)12-21(17)35-27(25)30/h1-38H;4-22H,1-3H3;7-14H,1-6H3/i;4D,6D,7D,12D,13D;. The molecule has 0 bridgehead atoms. The summed E-state index contributed by atoms with van der Waals surface area (Å²) >= 11 is 11.1. The number of para-hydroxylation sites is 6. The van der Waals surface area contributed by atoms with Gasteiger partial charge in [0.2, 0.25) is 0 Å². The third-order valence-electron chi connectivity index (χ3n) is 29.0. The van der Waals surface area contributed by atoms with Gasteiger partial charge in [0.25, 0.3) is 20.1 Å². The van der Waals surface area contributed by atoms with Crippen molar-refractivity contribution in [3.05, 3.63) is 406 Å². The van der Waals surface area contributed by atoms with Crippen LogP contribution in [0.5, 0.6) is 23.0 Å². The lowest BCUT2D eigenvalue weighted by Crippen LogP contribution is -2.75. The molecule has 0 unspecified atom stereocenters. The SMILES string of the molecule is CC(C)(C)c1ccc2c3c(sc2c1)B1c2sc4ccc(C(C)(C)C)cc4c2Oc2cncc(c21)S3.[2H]c1c([2H])c([2H])c(-c2cc3c4c(c2)Sc2c(n(-c5ccccc5)c5ccccc25)B4c2sc4ccc([Si](C)(C)C)cc4c2S3)c([2H])c1[2H].c1ccc(-n2c3c(c4ccccc42)Oc2cc([Si](c4ccccc4)(c4ccccc4)c4ccccc4)cc4c2B3c2c(c3ccccc3n2-c2ccccc2)N4c2cncnc2)cc1. The minimum atomic E-state index is -3.07. The van der Waals surface area contributed by atoms with E-state index < -0.39 is 16.1 Å². The van der Waals surface area contributed by atoms with Crippen molar-refractivity contribution in [2.45, 2.75) is 101 Å². The van der Waals surface area contributed by atoms with Crippen LogP contribution < -0.4 is 87.8 Å². The molecule has 6 aliphatic heterocycles. The molecule has 0 saturated carbocycles. The van der Waals surface area contributed by atoms with Gasteiger partial charge in [-0.25, -0.2) is 9.97 Å². The van der Waals surface area contributed by atoms with E-state index in [1.165, 1.54) is 123 Å². The van der Waals surface area contributed by atoms with Gasteiger partial charge in [0.1, 0.15) is 29.3 Å². The maximum absolute atomic E-state index is 8.82. The van der Waals surface area contributed by atoms with Gasteiger partial charge in [-0.1, -0.05) is 356 Å². The van der Waals surface area contributed by atoms with Gasteiger partial charge in [0, 0.05) is 132 Å². The van der Waals surface area contributed by atoms with Crippen molar-refractivity contribution >= 4 is 259 Å². The molecule has 680 valence electrons. The van der Waals surface area contributed by atoms with E-state index in [1.807, 2.05) is 70.6 Å². The minimum Gasteiger partial charge on any atom is -0.456 e. The van der Waals surface area contributed by atoms with E-state index in [1.54, 1.807) is 29.9 Å². The number of rotatable bonds is 10. The summed E-state index contributed by atoms with van der Waals surface area (Å²) in [6.07, 6.45) is 9.42. The third-order valence-corrected chi connectivity index (χ3v) is 43.3. The van der Waals surface area contributed by atoms with E-state index in [-0.39, 0.29) is 66.7 Å². The van der Waals surface area contributed by atoms with Crippen LogP contribution in [0.4, 0.5) is 17.1 Å². The van der Waals surface area contributed by atoms with Crippen LogP contribution in [-0.4, -0.2) is 64.9 Å². The molecule has 0 spiro atoms. The largest absolute Gasteiger partial charge is 0.456 e. The summed E-state index contributed by atoms with van der Waals surface area (Å²) in [5, 5.41) is 13.8. The summed E-state index contributed by atoms with van der Waals surface area (Å²) in [6, 6.07) is 120. The van der Waals surface area contributed by atoms with Crippen LogP contribution in [0.1, 0.15) is 59.5 Å². The van der Waals surface area contributed by atoms with Crippen LogP contribution in [0.3, 0.4) is 0 Å². The molecular weight excluding hydrogens is 1880 g/mol. The molecule has 0 fully saturated rings. The van der Waals surface area contributed by atoms with Gasteiger partial charge in [-0.2, -0.15) is 0 Å². The molecule has 15 aromatic carbocycles. The Morgan fingerprint density at radius 3 is 1.46 bits per heavy atom. The van der Waals surface area contributed by atoms with Crippen molar-refractivity contribution in [1.29, 1.82) is 0 Å². The fraction of sp³-hybridized carbons (Fsp3) is 0.0902. The highest BCUT2D eigenvalue weighted by Crippen LogP contribution is 2.52. The molecule has 8 aromatic heterocycles. The number of aromatic nitrogens is 6. The second-order valence-corrected chi connectivity index (χ2v) is 55.7. The topological polar surface area (TPSA) is 75.2 Å². The second-order valence-electron chi connectivity index (χ2n) is 40.4. The van der Waals surface area contributed by atoms with Gasteiger partial charge in [0.05, 0.1) is 61.4 Å². The van der Waals surface area contributed by atoms with E-state index in [9.17, 15) is 0 Å². The molecule has 29 rings (SSSR count). The Balaban J connectivity index is 0.000000114. The Labute approximate surface area is 860 Å². The molecule has 0 N–H and O–H groups in total. The third kappa shape index (κ3) is 13.8. The Bertz CT molecular complexity index is 9280. The number of hydrogen-bond donors (Lipinski definition) is 0. The molecule has 23 aromatic rings. The van der Waals surface area contributed by atoms with E-state index in [2.05, 4.69) is 428 Å².